The van der Waals surface area contributed by atoms with Crippen molar-refractivity contribution in [2.75, 3.05) is 33.5 Å². The Balaban J connectivity index is 1.65. The maximum Gasteiger partial charge on any atom is 0.244 e. The molecule has 5 nitrogen and oxygen atoms in total. The molecule has 0 aliphatic carbocycles. The fraction of sp³-hybridized carbons (Fsp3) is 0.400. The topological polar surface area (TPSA) is 56.8 Å². The van der Waals surface area contributed by atoms with Crippen LogP contribution in [-0.4, -0.2) is 39.4 Å². The molecule has 2 aromatic rings. The maximum atomic E-state index is 13.4. The van der Waals surface area contributed by atoms with Gasteiger partial charge in [0.25, 0.3) is 0 Å². The first-order chi connectivity index (χ1) is 15.1. The van der Waals surface area contributed by atoms with Crippen LogP contribution in [0.15, 0.2) is 48.5 Å². The first kappa shape index (κ1) is 22.8. The Hall–Kier alpha value is -2.86. The van der Waals surface area contributed by atoms with E-state index < -0.39 is 0 Å². The molecule has 3 rings (SSSR count). The van der Waals surface area contributed by atoms with Crippen molar-refractivity contribution < 1.29 is 23.4 Å². The number of methoxy groups -OCH3 is 1. The summed E-state index contributed by atoms with van der Waals surface area (Å²) in [5, 5.41) is 3.01. The predicted octanol–water partition coefficient (Wildman–Crippen LogP) is 4.50. The highest BCUT2D eigenvalue weighted by Gasteiger charge is 2.34. The largest absolute Gasteiger partial charge is 0.493 e. The number of amides is 1. The van der Waals surface area contributed by atoms with Crippen LogP contribution in [0.5, 0.6) is 11.5 Å². The van der Waals surface area contributed by atoms with Crippen LogP contribution in [0.3, 0.4) is 0 Å². The van der Waals surface area contributed by atoms with Crippen LogP contribution in [0.4, 0.5) is 4.39 Å². The van der Waals surface area contributed by atoms with E-state index >= 15 is 0 Å². The Bertz CT molecular complexity index is 889. The molecule has 166 valence electrons. The van der Waals surface area contributed by atoms with E-state index in [1.54, 1.807) is 25.3 Å². The minimum atomic E-state index is -0.264. The molecular weight excluding hydrogens is 397 g/mol. The fourth-order valence-electron chi connectivity index (χ4n) is 3.74. The summed E-state index contributed by atoms with van der Waals surface area (Å²) in [6.07, 6.45) is 5.73. The van der Waals surface area contributed by atoms with Crippen LogP contribution in [0.2, 0.25) is 0 Å². The van der Waals surface area contributed by atoms with Crippen molar-refractivity contribution in [1.29, 1.82) is 0 Å². The molecule has 0 unspecified atom stereocenters. The minimum absolute atomic E-state index is 0.182. The summed E-state index contributed by atoms with van der Waals surface area (Å²) >= 11 is 0. The van der Waals surface area contributed by atoms with Gasteiger partial charge in [0.1, 0.15) is 5.82 Å². The number of halogens is 1. The molecule has 0 saturated carbocycles. The van der Waals surface area contributed by atoms with Gasteiger partial charge in [-0.3, -0.25) is 4.79 Å². The Morgan fingerprint density at radius 2 is 1.90 bits per heavy atom. The number of benzene rings is 2. The normalized spacial score (nSPS) is 15.6. The van der Waals surface area contributed by atoms with Gasteiger partial charge >= 0.3 is 0 Å². The summed E-state index contributed by atoms with van der Waals surface area (Å²) in [6.45, 7) is 4.38. The molecule has 1 aliphatic heterocycles. The number of carbonyl (C=O) groups is 1. The van der Waals surface area contributed by atoms with Gasteiger partial charge in [-0.05, 0) is 60.7 Å². The van der Waals surface area contributed by atoms with Crippen molar-refractivity contribution in [2.24, 2.45) is 0 Å². The van der Waals surface area contributed by atoms with E-state index in [0.29, 0.717) is 37.9 Å². The first-order valence-corrected chi connectivity index (χ1v) is 10.7. The van der Waals surface area contributed by atoms with E-state index in [0.717, 1.165) is 30.4 Å². The van der Waals surface area contributed by atoms with E-state index in [1.165, 1.54) is 18.2 Å². The molecule has 0 atom stereocenters. The highest BCUT2D eigenvalue weighted by Crippen LogP contribution is 2.34. The average molecular weight is 428 g/mol. The van der Waals surface area contributed by atoms with Crippen LogP contribution in [0.25, 0.3) is 6.08 Å². The van der Waals surface area contributed by atoms with E-state index in [4.69, 9.17) is 14.2 Å². The van der Waals surface area contributed by atoms with Crippen LogP contribution in [0, 0.1) is 5.82 Å². The second-order valence-electron chi connectivity index (χ2n) is 7.71. The quantitative estimate of drug-likeness (QED) is 0.599. The van der Waals surface area contributed by atoms with E-state index in [1.807, 2.05) is 25.1 Å². The van der Waals surface area contributed by atoms with Gasteiger partial charge in [-0.1, -0.05) is 25.1 Å². The fourth-order valence-corrected chi connectivity index (χ4v) is 3.74. The Kier molecular flexibility index (Phi) is 8.06. The molecule has 1 fully saturated rings. The molecule has 0 bridgehead atoms. The van der Waals surface area contributed by atoms with Gasteiger partial charge in [-0.25, -0.2) is 4.39 Å². The third-order valence-electron chi connectivity index (χ3n) is 5.58. The number of rotatable bonds is 9. The summed E-state index contributed by atoms with van der Waals surface area (Å²) in [6, 6.07) is 12.1. The van der Waals surface area contributed by atoms with Crippen LogP contribution < -0.4 is 14.8 Å². The van der Waals surface area contributed by atoms with Crippen molar-refractivity contribution in [3.05, 3.63) is 65.5 Å². The average Bonchev–Trinajstić information content (AvgIpc) is 2.81. The van der Waals surface area contributed by atoms with Crippen LogP contribution in [-0.2, 0) is 14.9 Å². The van der Waals surface area contributed by atoms with Gasteiger partial charge in [0.05, 0.1) is 13.7 Å². The number of hydrogen-bond acceptors (Lipinski definition) is 4. The molecule has 1 amide bonds. The summed E-state index contributed by atoms with van der Waals surface area (Å²) in [5.74, 6) is 0.873. The SMILES string of the molecule is CCCOc1ccc(C=CC(=O)NCC2(c3ccc(F)cc3)CCOCC2)cc1OC. The van der Waals surface area contributed by atoms with Gasteiger partial charge in [0, 0.05) is 31.2 Å². The third-order valence-corrected chi connectivity index (χ3v) is 5.58. The molecule has 0 spiro atoms. The number of nitrogens with one attached hydrogen (secondary N) is 1. The molecule has 0 radical (unpaired) electrons. The lowest BCUT2D eigenvalue weighted by Crippen LogP contribution is -2.44. The Morgan fingerprint density at radius 1 is 1.16 bits per heavy atom. The van der Waals surface area contributed by atoms with E-state index in [2.05, 4.69) is 5.32 Å². The zero-order chi connectivity index (χ0) is 22.1. The zero-order valence-corrected chi connectivity index (χ0v) is 18.2. The molecule has 0 aromatic heterocycles. The molecule has 1 saturated heterocycles. The number of carbonyl (C=O) groups excluding carboxylic acids is 1. The van der Waals surface area contributed by atoms with Gasteiger partial charge in [0.2, 0.25) is 5.91 Å². The second kappa shape index (κ2) is 11.0. The summed E-state index contributed by atoms with van der Waals surface area (Å²) in [5.41, 5.74) is 1.61. The highest BCUT2D eigenvalue weighted by atomic mass is 19.1. The van der Waals surface area contributed by atoms with Gasteiger partial charge in [0.15, 0.2) is 11.5 Å². The Labute approximate surface area is 183 Å². The summed E-state index contributed by atoms with van der Waals surface area (Å²) in [4.78, 5) is 12.5. The lowest BCUT2D eigenvalue weighted by Gasteiger charge is -2.37. The van der Waals surface area contributed by atoms with Crippen molar-refractivity contribution in [3.63, 3.8) is 0 Å². The smallest absolute Gasteiger partial charge is 0.244 e. The molecule has 1 aliphatic rings. The molecular formula is C25H30FNO4. The van der Waals surface area contributed by atoms with Gasteiger partial charge in [-0.15, -0.1) is 0 Å². The van der Waals surface area contributed by atoms with Crippen LogP contribution in [0.1, 0.15) is 37.3 Å². The highest BCUT2D eigenvalue weighted by molar-refractivity contribution is 5.91. The van der Waals surface area contributed by atoms with Gasteiger partial charge < -0.3 is 19.5 Å². The first-order valence-electron chi connectivity index (χ1n) is 10.7. The van der Waals surface area contributed by atoms with E-state index in [9.17, 15) is 9.18 Å². The standard InChI is InChI=1S/C25H30FNO4/c1-3-14-31-22-10-4-19(17-23(22)29-2)5-11-24(28)27-18-25(12-15-30-16-13-25)20-6-8-21(26)9-7-20/h4-11,17H,3,12-16,18H2,1-2H3,(H,27,28). The summed E-state index contributed by atoms with van der Waals surface area (Å²) < 4.78 is 29.9. The number of ether oxygens (including phenoxy) is 3. The molecule has 1 N–H and O–H groups in total. The van der Waals surface area contributed by atoms with E-state index in [-0.39, 0.29) is 17.1 Å². The molecule has 1 heterocycles. The van der Waals surface area contributed by atoms with Crippen molar-refractivity contribution >= 4 is 12.0 Å². The molecule has 6 heteroatoms. The molecule has 2 aromatic carbocycles. The Morgan fingerprint density at radius 3 is 2.58 bits per heavy atom. The predicted molar refractivity (Wildman–Crippen MR) is 119 cm³/mol. The maximum absolute atomic E-state index is 13.4. The lowest BCUT2D eigenvalue weighted by molar-refractivity contribution is -0.116. The number of hydrogen-bond donors (Lipinski definition) is 1. The van der Waals surface area contributed by atoms with Crippen molar-refractivity contribution in [1.82, 2.24) is 5.32 Å². The molecule has 31 heavy (non-hydrogen) atoms. The zero-order valence-electron chi connectivity index (χ0n) is 18.2. The minimum Gasteiger partial charge on any atom is -0.493 e. The van der Waals surface area contributed by atoms with Crippen molar-refractivity contribution in [3.8, 4) is 11.5 Å². The second-order valence-corrected chi connectivity index (χ2v) is 7.71. The lowest BCUT2D eigenvalue weighted by atomic mass is 9.74. The van der Waals surface area contributed by atoms with Crippen molar-refractivity contribution in [2.45, 2.75) is 31.6 Å². The monoisotopic (exact) mass is 427 g/mol. The van der Waals surface area contributed by atoms with Crippen LogP contribution >= 0.6 is 0 Å². The third kappa shape index (κ3) is 6.07. The summed E-state index contributed by atoms with van der Waals surface area (Å²) in [7, 11) is 1.59. The van der Waals surface area contributed by atoms with Gasteiger partial charge in [-0.2, -0.15) is 0 Å².